The quantitative estimate of drug-likeness (QED) is 0.144. The Bertz CT molecular complexity index is 1820. The number of halogens is 1. The zero-order valence-corrected chi connectivity index (χ0v) is 30.2. The highest BCUT2D eigenvalue weighted by Crippen LogP contribution is 2.59. The average Bonchev–Trinajstić information content (AvgIpc) is 3.63. The Morgan fingerprint density at radius 1 is 0.959 bits per heavy atom. The van der Waals surface area contributed by atoms with Crippen molar-refractivity contribution in [2.75, 3.05) is 19.6 Å². The van der Waals surface area contributed by atoms with Gasteiger partial charge in [0, 0.05) is 40.3 Å². The Kier molecular flexibility index (Phi) is 9.68. The number of hydrogen-bond acceptors (Lipinski definition) is 6. The van der Waals surface area contributed by atoms with Crippen LogP contribution in [0, 0.1) is 5.41 Å². The number of carbonyl (C=O) groups excluding carboxylic acids is 1. The molecule has 0 spiro atoms. The molecule has 2 bridgehead atoms. The van der Waals surface area contributed by atoms with E-state index in [2.05, 4.69) is 49.1 Å². The maximum atomic E-state index is 14.5. The van der Waals surface area contributed by atoms with Crippen LogP contribution in [0.2, 0.25) is 5.02 Å². The minimum Gasteiger partial charge on any atom is -0.393 e. The lowest BCUT2D eigenvalue weighted by atomic mass is 9.64. The number of allylic oxidation sites excluding steroid dienone is 2. The van der Waals surface area contributed by atoms with Gasteiger partial charge in [0.05, 0.1) is 22.2 Å². The third-order valence-electron chi connectivity index (χ3n) is 12.1. The van der Waals surface area contributed by atoms with E-state index in [-0.39, 0.29) is 11.7 Å². The zero-order valence-electron chi connectivity index (χ0n) is 28.6. The van der Waals surface area contributed by atoms with Gasteiger partial charge in [-0.2, -0.15) is 0 Å². The fourth-order valence-electron chi connectivity index (χ4n) is 8.92. The smallest absolute Gasteiger partial charge is 0.203 e. The monoisotopic (exact) mass is 697 g/mol. The van der Waals surface area contributed by atoms with E-state index < -0.39 is 22.7 Å². The van der Waals surface area contributed by atoms with Gasteiger partial charge in [0.15, 0.2) is 0 Å². The van der Waals surface area contributed by atoms with Crippen LogP contribution in [0.3, 0.4) is 0 Å². The average molecular weight is 698 g/mol. The molecule has 4 aliphatic rings. The molecule has 0 radical (unpaired) electrons. The van der Waals surface area contributed by atoms with Crippen LogP contribution >= 0.6 is 22.9 Å². The number of rotatable bonds is 5. The van der Waals surface area contributed by atoms with Gasteiger partial charge < -0.3 is 20.2 Å². The molecule has 1 saturated heterocycles. The number of aliphatic hydroxyl groups is 3. The molecular formula is C42H48ClNO4S. The van der Waals surface area contributed by atoms with E-state index in [4.69, 9.17) is 11.6 Å². The van der Waals surface area contributed by atoms with Crippen molar-refractivity contribution in [3.05, 3.63) is 117 Å². The van der Waals surface area contributed by atoms with Gasteiger partial charge in [0.2, 0.25) is 5.78 Å². The van der Waals surface area contributed by atoms with Crippen molar-refractivity contribution in [1.82, 2.24) is 4.90 Å². The molecule has 8 rings (SSSR count). The van der Waals surface area contributed by atoms with E-state index >= 15 is 0 Å². The van der Waals surface area contributed by atoms with Crippen LogP contribution in [0.1, 0.15) is 103 Å². The van der Waals surface area contributed by atoms with Crippen molar-refractivity contribution in [1.29, 1.82) is 0 Å². The molecule has 5 nitrogen and oxygen atoms in total. The standard InChI is InChI=1S/C42H48ClNO4S/c1-28-6-5-18-40(2)36(17-19-42(40,48)27-44-22-20-41(47,21-23-44)31-11-13-32(43)14-12-31)34-16-10-29(24-33(45)15-9-28)25-35(34)39(46)38-26-30-7-3-4-8-37(30)49-38/h3-4,6-8,10-14,16,25-26,33,36,45,47-48H,5,9,15,17-24,27H2,1-2H3. The van der Waals surface area contributed by atoms with E-state index in [9.17, 15) is 20.1 Å². The molecule has 4 unspecified atom stereocenters. The summed E-state index contributed by atoms with van der Waals surface area (Å²) in [6, 6.07) is 23.9. The summed E-state index contributed by atoms with van der Waals surface area (Å²) in [7, 11) is 0. The topological polar surface area (TPSA) is 81.0 Å². The van der Waals surface area contributed by atoms with Gasteiger partial charge >= 0.3 is 0 Å². The third-order valence-corrected chi connectivity index (χ3v) is 13.5. The number of nitrogens with zero attached hydrogens (tertiary/aromatic N) is 1. The second kappa shape index (κ2) is 13.7. The van der Waals surface area contributed by atoms with Crippen molar-refractivity contribution in [2.45, 2.75) is 94.9 Å². The predicted octanol–water partition coefficient (Wildman–Crippen LogP) is 8.81. The molecule has 3 aromatic carbocycles. The number of benzene rings is 3. The number of likely N-dealkylation sites (tertiary alicyclic amines) is 1. The first-order chi connectivity index (χ1) is 23.5. The zero-order chi connectivity index (χ0) is 34.4. The number of aliphatic hydroxyl groups excluding tert-OH is 1. The molecule has 49 heavy (non-hydrogen) atoms. The maximum Gasteiger partial charge on any atom is 0.203 e. The van der Waals surface area contributed by atoms with Crippen LogP contribution in [0.4, 0.5) is 0 Å². The molecule has 1 aliphatic heterocycles. The van der Waals surface area contributed by atoms with Crippen LogP contribution in [0.5, 0.6) is 0 Å². The van der Waals surface area contributed by atoms with Crippen LogP contribution in [0.25, 0.3) is 10.1 Å². The largest absolute Gasteiger partial charge is 0.393 e. The highest BCUT2D eigenvalue weighted by molar-refractivity contribution is 7.21. The van der Waals surface area contributed by atoms with Crippen molar-refractivity contribution in [3.8, 4) is 0 Å². The van der Waals surface area contributed by atoms with Gasteiger partial charge in [-0.15, -0.1) is 11.3 Å². The Hall–Kier alpha value is -2.84. The number of piperidine rings is 1. The first-order valence-corrected chi connectivity index (χ1v) is 19.1. The summed E-state index contributed by atoms with van der Waals surface area (Å²) in [6.07, 6.45) is 8.03. The van der Waals surface area contributed by atoms with Crippen molar-refractivity contribution < 1.29 is 20.1 Å². The summed E-state index contributed by atoms with van der Waals surface area (Å²) in [4.78, 5) is 17.5. The summed E-state index contributed by atoms with van der Waals surface area (Å²) in [5.41, 5.74) is 2.46. The predicted molar refractivity (Wildman–Crippen MR) is 200 cm³/mol. The van der Waals surface area contributed by atoms with Gasteiger partial charge in [-0.3, -0.25) is 4.79 Å². The van der Waals surface area contributed by atoms with Crippen molar-refractivity contribution in [3.63, 3.8) is 0 Å². The van der Waals surface area contributed by atoms with Crippen molar-refractivity contribution >= 4 is 38.8 Å². The fraction of sp³-hybridized carbons (Fsp3) is 0.452. The summed E-state index contributed by atoms with van der Waals surface area (Å²) in [6.45, 7) is 6.30. The first-order valence-electron chi connectivity index (χ1n) is 17.9. The molecule has 258 valence electrons. The van der Waals surface area contributed by atoms with E-state index in [1.54, 1.807) is 0 Å². The number of fused-ring (bicyclic) bond motifs is 9. The van der Waals surface area contributed by atoms with Gasteiger partial charge in [-0.1, -0.05) is 72.6 Å². The second-order valence-electron chi connectivity index (χ2n) is 15.2. The van der Waals surface area contributed by atoms with Crippen LogP contribution < -0.4 is 0 Å². The van der Waals surface area contributed by atoms with Gasteiger partial charge in [-0.05, 0) is 123 Å². The molecule has 7 heteroatoms. The molecule has 4 aromatic rings. The highest BCUT2D eigenvalue weighted by atomic mass is 35.5. The highest BCUT2D eigenvalue weighted by Gasteiger charge is 2.57. The third kappa shape index (κ3) is 6.81. The number of hydrogen-bond donors (Lipinski definition) is 3. The Labute approximate surface area is 299 Å². The Morgan fingerprint density at radius 2 is 1.71 bits per heavy atom. The lowest BCUT2D eigenvalue weighted by molar-refractivity contribution is -0.101. The van der Waals surface area contributed by atoms with E-state index in [1.807, 2.05) is 48.5 Å². The molecule has 3 N–H and O–H groups in total. The van der Waals surface area contributed by atoms with Gasteiger partial charge in [0.1, 0.15) is 0 Å². The van der Waals surface area contributed by atoms with Crippen LogP contribution in [-0.4, -0.2) is 57.3 Å². The second-order valence-corrected chi connectivity index (χ2v) is 16.8. The van der Waals surface area contributed by atoms with E-state index in [0.717, 1.165) is 57.3 Å². The molecule has 2 heterocycles. The lowest BCUT2D eigenvalue weighted by Gasteiger charge is -2.48. The lowest BCUT2D eigenvalue weighted by Crippen LogP contribution is -2.55. The minimum atomic E-state index is -0.973. The van der Waals surface area contributed by atoms with Crippen molar-refractivity contribution in [2.24, 2.45) is 5.41 Å². The molecule has 1 aromatic heterocycles. The fourth-order valence-corrected chi connectivity index (χ4v) is 10.1. The molecule has 3 aliphatic carbocycles. The van der Waals surface area contributed by atoms with Crippen LogP contribution in [-0.2, 0) is 12.0 Å². The van der Waals surface area contributed by atoms with E-state index in [1.165, 1.54) is 16.9 Å². The molecular weight excluding hydrogens is 650 g/mol. The molecule has 0 amide bonds. The molecule has 1 saturated carbocycles. The number of ketones is 1. The first kappa shape index (κ1) is 34.6. The van der Waals surface area contributed by atoms with Gasteiger partial charge in [0.25, 0.3) is 0 Å². The number of carbonyl (C=O) groups is 1. The summed E-state index contributed by atoms with van der Waals surface area (Å²) < 4.78 is 1.09. The Balaban J connectivity index is 1.22. The van der Waals surface area contributed by atoms with Gasteiger partial charge in [-0.25, -0.2) is 0 Å². The molecule has 4 atom stereocenters. The summed E-state index contributed by atoms with van der Waals surface area (Å²) in [5, 5.41) is 37.1. The van der Waals surface area contributed by atoms with E-state index in [0.29, 0.717) is 62.3 Å². The summed E-state index contributed by atoms with van der Waals surface area (Å²) in [5.74, 6) is 0.00270. The maximum absolute atomic E-state index is 14.5. The molecule has 2 fully saturated rings. The normalized spacial score (nSPS) is 27.8. The number of β-amino-alcohol motifs (C(OH)–C–C–N with tert-alkyl or cyclic N) is 1. The SMILES string of the molecule is CC1=CCCC2(C)C(CCC2(O)CN2CCC(O)(c3ccc(Cl)cc3)CC2)c2ccc(cc2C(=O)c2cc3ccccc3s2)CC(O)CC1. The van der Waals surface area contributed by atoms with Crippen LogP contribution in [0.15, 0.2) is 84.4 Å². The summed E-state index contributed by atoms with van der Waals surface area (Å²) >= 11 is 7.65. The Morgan fingerprint density at radius 3 is 2.47 bits per heavy atom. The number of thiophene rings is 1. The minimum absolute atomic E-state index is 0.0164.